The maximum Gasteiger partial charge on any atom is 0.293 e. The minimum absolute atomic E-state index is 0.0301. The number of thiocarbonyl (C=S) groups is 1. The van der Waals surface area contributed by atoms with Gasteiger partial charge in [-0.1, -0.05) is 30.4 Å². The molecule has 0 unspecified atom stereocenters. The number of hydrogen-bond donors (Lipinski definition) is 1. The minimum Gasteiger partial charge on any atom is -0.465 e. The fourth-order valence-corrected chi connectivity index (χ4v) is 1.64. The predicted octanol–water partition coefficient (Wildman–Crippen LogP) is 2.94. The average Bonchev–Trinajstić information content (AvgIpc) is 2.29. The molecule has 0 bridgehead atoms. The van der Waals surface area contributed by atoms with Crippen molar-refractivity contribution in [3.05, 3.63) is 29.8 Å². The van der Waals surface area contributed by atoms with Crippen molar-refractivity contribution in [1.29, 1.82) is 0 Å². The molecule has 0 aliphatic carbocycles. The Hall–Kier alpha value is -1.42. The Morgan fingerprint density at radius 1 is 1.35 bits per heavy atom. The first kappa shape index (κ1) is 13.6. The quantitative estimate of drug-likeness (QED) is 0.648. The van der Waals surface area contributed by atoms with Crippen molar-refractivity contribution in [2.75, 3.05) is 5.32 Å². The number of aryl methyl sites for hydroxylation is 1. The van der Waals surface area contributed by atoms with Crippen LogP contribution in [0.1, 0.15) is 25.8 Å². The van der Waals surface area contributed by atoms with Crippen LogP contribution in [-0.2, 0) is 16.0 Å². The molecule has 1 heterocycles. The summed E-state index contributed by atoms with van der Waals surface area (Å²) in [6.45, 7) is 4.05. The molecular weight excluding hydrogens is 234 g/mol. The van der Waals surface area contributed by atoms with Gasteiger partial charge in [-0.2, -0.15) is 0 Å². The first-order valence-electron chi connectivity index (χ1n) is 5.60. The van der Waals surface area contributed by atoms with Crippen LogP contribution in [0, 0.1) is 0 Å². The Morgan fingerprint density at radius 2 is 2.06 bits per heavy atom. The van der Waals surface area contributed by atoms with E-state index in [0.29, 0.717) is 6.47 Å². The number of fused-ring (bicyclic) bond motifs is 1. The molecule has 0 fully saturated rings. The summed E-state index contributed by atoms with van der Waals surface area (Å²) in [6.07, 6.45) is 2.11. The Balaban J connectivity index is 0.000000209. The number of carbonyl (C=O) groups excluding carboxylic acids is 1. The highest BCUT2D eigenvalue weighted by atomic mass is 32.1. The molecule has 0 saturated carbocycles. The SMILES string of the molecule is CC(C)OC=O.S=C1CCc2ccccc2N1. The molecule has 17 heavy (non-hydrogen) atoms. The van der Waals surface area contributed by atoms with E-state index in [9.17, 15) is 4.79 Å². The van der Waals surface area contributed by atoms with Crippen molar-refractivity contribution in [3.63, 3.8) is 0 Å². The van der Waals surface area contributed by atoms with E-state index in [2.05, 4.69) is 28.3 Å². The molecule has 1 aliphatic heterocycles. The summed E-state index contributed by atoms with van der Waals surface area (Å²) in [4.78, 5) is 10.4. The number of ether oxygens (including phenoxy) is 1. The van der Waals surface area contributed by atoms with Gasteiger partial charge < -0.3 is 10.1 Å². The Kier molecular flexibility index (Phi) is 5.63. The van der Waals surface area contributed by atoms with E-state index >= 15 is 0 Å². The highest BCUT2D eigenvalue weighted by Crippen LogP contribution is 2.21. The fraction of sp³-hybridized carbons (Fsp3) is 0.385. The Bertz CT molecular complexity index is 391. The second-order valence-electron chi connectivity index (χ2n) is 3.99. The van der Waals surface area contributed by atoms with Gasteiger partial charge in [0.05, 0.1) is 11.1 Å². The number of rotatable bonds is 2. The summed E-state index contributed by atoms with van der Waals surface area (Å²) in [6, 6.07) is 8.31. The van der Waals surface area contributed by atoms with Gasteiger partial charge in [-0.3, -0.25) is 4.79 Å². The molecule has 0 saturated heterocycles. The number of carbonyl (C=O) groups is 1. The first-order valence-corrected chi connectivity index (χ1v) is 6.01. The normalized spacial score (nSPS) is 13.0. The topological polar surface area (TPSA) is 38.3 Å². The van der Waals surface area contributed by atoms with Gasteiger partial charge in [-0.05, 0) is 31.9 Å². The van der Waals surface area contributed by atoms with Gasteiger partial charge in [-0.25, -0.2) is 0 Å². The van der Waals surface area contributed by atoms with Gasteiger partial charge in [0.1, 0.15) is 0 Å². The minimum atomic E-state index is 0.0301. The molecule has 0 atom stereocenters. The van der Waals surface area contributed by atoms with Crippen LogP contribution in [-0.4, -0.2) is 17.6 Å². The lowest BCUT2D eigenvalue weighted by atomic mass is 10.0. The van der Waals surface area contributed by atoms with Crippen LogP contribution < -0.4 is 5.32 Å². The smallest absolute Gasteiger partial charge is 0.293 e. The molecule has 0 amide bonds. The van der Waals surface area contributed by atoms with Crippen molar-refractivity contribution in [3.8, 4) is 0 Å². The molecule has 4 heteroatoms. The van der Waals surface area contributed by atoms with Gasteiger partial charge in [-0.15, -0.1) is 0 Å². The summed E-state index contributed by atoms with van der Waals surface area (Å²) >= 11 is 5.07. The molecule has 1 aromatic rings. The number of para-hydroxylation sites is 1. The van der Waals surface area contributed by atoms with E-state index in [4.69, 9.17) is 12.2 Å². The highest BCUT2D eigenvalue weighted by Gasteiger charge is 2.09. The van der Waals surface area contributed by atoms with Gasteiger partial charge >= 0.3 is 0 Å². The lowest BCUT2D eigenvalue weighted by Gasteiger charge is -2.17. The molecule has 0 radical (unpaired) electrons. The summed E-state index contributed by atoms with van der Waals surface area (Å²) in [5, 5.41) is 3.19. The summed E-state index contributed by atoms with van der Waals surface area (Å²) in [7, 11) is 0. The molecule has 0 spiro atoms. The largest absolute Gasteiger partial charge is 0.465 e. The second-order valence-corrected chi connectivity index (χ2v) is 4.48. The van der Waals surface area contributed by atoms with Crippen LogP contribution in [0.2, 0.25) is 0 Å². The lowest BCUT2D eigenvalue weighted by molar-refractivity contribution is -0.131. The molecule has 92 valence electrons. The van der Waals surface area contributed by atoms with Crippen molar-refractivity contribution in [1.82, 2.24) is 0 Å². The number of benzene rings is 1. The van der Waals surface area contributed by atoms with Crippen LogP contribution in [0.25, 0.3) is 0 Å². The number of anilines is 1. The fourth-order valence-electron chi connectivity index (χ4n) is 1.43. The second kappa shape index (κ2) is 7.01. The van der Waals surface area contributed by atoms with E-state index < -0.39 is 0 Å². The van der Waals surface area contributed by atoms with Gasteiger partial charge in [0.15, 0.2) is 0 Å². The maximum atomic E-state index is 9.39. The van der Waals surface area contributed by atoms with Crippen molar-refractivity contribution in [2.45, 2.75) is 32.8 Å². The molecule has 0 aromatic heterocycles. The third-order valence-corrected chi connectivity index (χ3v) is 2.55. The number of hydrogen-bond acceptors (Lipinski definition) is 3. The van der Waals surface area contributed by atoms with Crippen LogP contribution in [0.4, 0.5) is 5.69 Å². The van der Waals surface area contributed by atoms with Crippen molar-refractivity contribution < 1.29 is 9.53 Å². The first-order chi connectivity index (χ1) is 8.13. The zero-order valence-electron chi connectivity index (χ0n) is 10.1. The maximum absolute atomic E-state index is 9.39. The summed E-state index contributed by atoms with van der Waals surface area (Å²) < 4.78 is 4.36. The number of nitrogens with one attached hydrogen (secondary N) is 1. The van der Waals surface area contributed by atoms with Crippen molar-refractivity contribution in [2.24, 2.45) is 0 Å². The Labute approximate surface area is 107 Å². The predicted molar refractivity (Wildman–Crippen MR) is 73.3 cm³/mol. The summed E-state index contributed by atoms with van der Waals surface area (Å²) in [5.74, 6) is 0. The van der Waals surface area contributed by atoms with Gasteiger partial charge in [0.2, 0.25) is 0 Å². The van der Waals surface area contributed by atoms with Crippen molar-refractivity contribution >= 4 is 29.4 Å². The van der Waals surface area contributed by atoms with E-state index in [1.54, 1.807) is 13.8 Å². The standard InChI is InChI=1S/C9H9NS.C4H8O2/c11-9-6-5-7-3-1-2-4-8(7)10-9;1-4(2)6-3-5/h1-4H,5-6H2,(H,10,11);3-4H,1-2H3. The lowest BCUT2D eigenvalue weighted by Crippen LogP contribution is -2.16. The monoisotopic (exact) mass is 251 g/mol. The molecule has 1 aliphatic rings. The Morgan fingerprint density at radius 3 is 2.65 bits per heavy atom. The van der Waals surface area contributed by atoms with Gasteiger partial charge in [0, 0.05) is 12.1 Å². The third-order valence-electron chi connectivity index (χ3n) is 2.24. The zero-order valence-corrected chi connectivity index (χ0v) is 10.9. The van der Waals surface area contributed by atoms with Crippen LogP contribution >= 0.6 is 12.2 Å². The third kappa shape index (κ3) is 4.95. The van der Waals surface area contributed by atoms with Crippen LogP contribution in [0.5, 0.6) is 0 Å². The van der Waals surface area contributed by atoms with Crippen LogP contribution in [0.15, 0.2) is 24.3 Å². The molecule has 2 rings (SSSR count). The molecular formula is C13H17NO2S. The highest BCUT2D eigenvalue weighted by molar-refractivity contribution is 7.80. The molecule has 1 aromatic carbocycles. The van der Waals surface area contributed by atoms with Crippen LogP contribution in [0.3, 0.4) is 0 Å². The van der Waals surface area contributed by atoms with E-state index in [1.807, 2.05) is 6.07 Å². The van der Waals surface area contributed by atoms with E-state index in [1.165, 1.54) is 11.3 Å². The zero-order chi connectivity index (χ0) is 12.7. The molecule has 3 nitrogen and oxygen atoms in total. The van der Waals surface area contributed by atoms with Gasteiger partial charge in [0.25, 0.3) is 6.47 Å². The molecule has 1 N–H and O–H groups in total. The van der Waals surface area contributed by atoms with E-state index in [0.717, 1.165) is 17.8 Å². The average molecular weight is 251 g/mol. The summed E-state index contributed by atoms with van der Waals surface area (Å²) in [5.41, 5.74) is 2.56. The van der Waals surface area contributed by atoms with E-state index in [-0.39, 0.29) is 6.10 Å².